The van der Waals surface area contributed by atoms with Crippen LogP contribution in [0.3, 0.4) is 0 Å². The van der Waals surface area contributed by atoms with Crippen LogP contribution in [0.25, 0.3) is 22.6 Å². The molecular weight excluding hydrogens is 468 g/mol. The zero-order valence-electron chi connectivity index (χ0n) is 20.5. The van der Waals surface area contributed by atoms with E-state index in [4.69, 9.17) is 10.2 Å². The van der Waals surface area contributed by atoms with Crippen LogP contribution in [-0.4, -0.2) is 44.8 Å². The minimum absolute atomic E-state index is 0.0781. The third kappa shape index (κ3) is 4.58. The SMILES string of the molecule is CC1=NNN(C(c2ccccc2)C2CCN(C(=O)c3cc(-c4nc5cc(N)ccc5o4)ccn3)CC2)N1. The monoisotopic (exact) mass is 496 g/mol. The van der Waals surface area contributed by atoms with E-state index in [-0.39, 0.29) is 11.9 Å². The van der Waals surface area contributed by atoms with Crippen molar-refractivity contribution >= 4 is 28.5 Å². The number of piperidine rings is 1. The normalized spacial score (nSPS) is 17.3. The van der Waals surface area contributed by atoms with Gasteiger partial charge in [-0.15, -0.1) is 10.2 Å². The Balaban J connectivity index is 1.17. The van der Waals surface area contributed by atoms with E-state index in [0.29, 0.717) is 52.9 Å². The van der Waals surface area contributed by atoms with Gasteiger partial charge in [-0.3, -0.25) is 15.2 Å². The number of fused-ring (bicyclic) bond motifs is 1. The van der Waals surface area contributed by atoms with Crippen molar-refractivity contribution in [3.63, 3.8) is 0 Å². The van der Waals surface area contributed by atoms with Crippen molar-refractivity contribution < 1.29 is 9.21 Å². The number of hydrogen-bond donors (Lipinski definition) is 3. The van der Waals surface area contributed by atoms with E-state index in [1.807, 2.05) is 23.0 Å². The number of aromatic nitrogens is 2. The second-order valence-corrected chi connectivity index (χ2v) is 9.44. The molecule has 2 aromatic carbocycles. The molecule has 6 rings (SSSR count). The number of oxazole rings is 1. The number of anilines is 1. The highest BCUT2D eigenvalue weighted by atomic mass is 16.3. The summed E-state index contributed by atoms with van der Waals surface area (Å²) in [5, 5.41) is 6.25. The van der Waals surface area contributed by atoms with Crippen LogP contribution in [0.2, 0.25) is 0 Å². The summed E-state index contributed by atoms with van der Waals surface area (Å²) in [4.78, 5) is 24.2. The van der Waals surface area contributed by atoms with Gasteiger partial charge in [-0.25, -0.2) is 10.5 Å². The Hall–Kier alpha value is -4.44. The van der Waals surface area contributed by atoms with Gasteiger partial charge in [0.05, 0.1) is 6.04 Å². The maximum Gasteiger partial charge on any atom is 0.272 e. The van der Waals surface area contributed by atoms with Crippen molar-refractivity contribution in [2.75, 3.05) is 18.8 Å². The number of hydrogen-bond acceptors (Lipinski definition) is 9. The lowest BCUT2D eigenvalue weighted by atomic mass is 9.85. The molecule has 1 amide bonds. The van der Waals surface area contributed by atoms with Gasteiger partial charge in [-0.1, -0.05) is 30.3 Å². The largest absolute Gasteiger partial charge is 0.436 e. The minimum Gasteiger partial charge on any atom is -0.436 e. The van der Waals surface area contributed by atoms with E-state index >= 15 is 0 Å². The summed E-state index contributed by atoms with van der Waals surface area (Å²) in [5.74, 6) is 1.50. The summed E-state index contributed by atoms with van der Waals surface area (Å²) in [6.07, 6.45) is 3.34. The second kappa shape index (κ2) is 9.55. The molecule has 0 bridgehead atoms. The van der Waals surface area contributed by atoms with Crippen LogP contribution in [0.1, 0.15) is 41.9 Å². The maximum absolute atomic E-state index is 13.4. The molecule has 188 valence electrons. The summed E-state index contributed by atoms with van der Waals surface area (Å²) < 4.78 is 5.88. The zero-order valence-corrected chi connectivity index (χ0v) is 20.5. The number of nitrogens with two attached hydrogens (primary N) is 1. The summed E-state index contributed by atoms with van der Waals surface area (Å²) in [5.41, 5.74) is 16.5. The van der Waals surface area contributed by atoms with Crippen molar-refractivity contribution in [3.8, 4) is 11.5 Å². The highest BCUT2D eigenvalue weighted by Crippen LogP contribution is 2.35. The molecule has 1 saturated heterocycles. The molecule has 0 spiro atoms. The number of amides is 1. The lowest BCUT2D eigenvalue weighted by molar-refractivity contribution is 0.0348. The molecule has 2 aliphatic heterocycles. The zero-order chi connectivity index (χ0) is 25.4. The third-order valence-electron chi connectivity index (χ3n) is 6.94. The van der Waals surface area contributed by atoms with Gasteiger partial charge in [0, 0.05) is 30.5 Å². The van der Waals surface area contributed by atoms with Crippen LogP contribution < -0.4 is 16.7 Å². The van der Waals surface area contributed by atoms with Crippen molar-refractivity contribution in [3.05, 3.63) is 78.1 Å². The summed E-state index contributed by atoms with van der Waals surface area (Å²) in [6.45, 7) is 3.22. The molecule has 10 heteroatoms. The Morgan fingerprint density at radius 1 is 1.11 bits per heavy atom. The lowest BCUT2D eigenvalue weighted by Crippen LogP contribution is -2.49. The standard InChI is InChI=1S/C27H28N8O2/c1-17-31-33-35(32-17)25(18-5-3-2-4-6-18)19-10-13-34(14-11-19)27(36)23-15-20(9-12-29-23)26-30-22-16-21(28)7-8-24(22)37-26/h2-9,12,15-16,19,25,33H,10-11,13-14,28H2,1H3,(H,31,32). The molecule has 4 N–H and O–H groups in total. The van der Waals surface area contributed by atoms with E-state index in [1.165, 1.54) is 5.56 Å². The van der Waals surface area contributed by atoms with Gasteiger partial charge in [0.15, 0.2) is 5.58 Å². The minimum atomic E-state index is -0.0893. The lowest BCUT2D eigenvalue weighted by Gasteiger charge is -2.39. The summed E-state index contributed by atoms with van der Waals surface area (Å²) >= 11 is 0. The molecule has 0 aliphatic carbocycles. The number of rotatable bonds is 5. The van der Waals surface area contributed by atoms with Gasteiger partial charge in [0.2, 0.25) is 5.89 Å². The van der Waals surface area contributed by atoms with Crippen molar-refractivity contribution in [1.82, 2.24) is 30.9 Å². The van der Waals surface area contributed by atoms with Gasteiger partial charge in [0.25, 0.3) is 5.91 Å². The first-order chi connectivity index (χ1) is 18.0. The number of amidine groups is 1. The number of pyridine rings is 1. The number of carbonyl (C=O) groups excluding carboxylic acids is 1. The number of likely N-dealkylation sites (tertiary alicyclic amines) is 1. The highest BCUT2D eigenvalue weighted by Gasteiger charge is 2.35. The Kier molecular flexibility index (Phi) is 5.93. The third-order valence-corrected chi connectivity index (χ3v) is 6.94. The molecule has 1 atom stereocenters. The van der Waals surface area contributed by atoms with Crippen LogP contribution in [0.5, 0.6) is 0 Å². The Labute approximate surface area is 214 Å². The number of benzene rings is 2. The van der Waals surface area contributed by atoms with Gasteiger partial charge in [-0.05, 0) is 61.6 Å². The predicted molar refractivity (Wildman–Crippen MR) is 141 cm³/mol. The molecule has 2 aromatic heterocycles. The van der Waals surface area contributed by atoms with Crippen LogP contribution >= 0.6 is 0 Å². The van der Waals surface area contributed by atoms with Crippen LogP contribution in [0.15, 0.2) is 76.4 Å². The van der Waals surface area contributed by atoms with Gasteiger partial charge in [0.1, 0.15) is 17.0 Å². The number of nitrogens with zero attached hydrogens (tertiary/aromatic N) is 5. The van der Waals surface area contributed by atoms with E-state index in [9.17, 15) is 4.79 Å². The quantitative estimate of drug-likeness (QED) is 0.357. The van der Waals surface area contributed by atoms with Crippen molar-refractivity contribution in [1.29, 1.82) is 0 Å². The molecular formula is C27H28N8O2. The molecule has 2 aliphatic rings. The Bertz CT molecular complexity index is 1460. The Morgan fingerprint density at radius 3 is 2.68 bits per heavy atom. The average Bonchev–Trinajstić information content (AvgIpc) is 3.55. The first kappa shape index (κ1) is 23.0. The maximum atomic E-state index is 13.4. The fraction of sp³-hybridized carbons (Fsp3) is 0.259. The summed E-state index contributed by atoms with van der Waals surface area (Å²) in [7, 11) is 0. The number of hydrazine groups is 2. The summed E-state index contributed by atoms with van der Waals surface area (Å²) in [6, 6.07) is 19.3. The molecule has 1 fully saturated rings. The van der Waals surface area contributed by atoms with Crippen LogP contribution in [0.4, 0.5) is 5.69 Å². The highest BCUT2D eigenvalue weighted by molar-refractivity contribution is 5.93. The molecule has 10 nitrogen and oxygen atoms in total. The van der Waals surface area contributed by atoms with E-state index in [1.54, 1.807) is 36.5 Å². The number of hydrazone groups is 1. The van der Waals surface area contributed by atoms with Gasteiger partial charge < -0.3 is 15.1 Å². The van der Waals surface area contributed by atoms with E-state index in [2.05, 4.69) is 50.3 Å². The fourth-order valence-corrected chi connectivity index (χ4v) is 5.10. The number of nitrogens with one attached hydrogen (secondary N) is 2. The first-order valence-electron chi connectivity index (χ1n) is 12.4. The molecule has 1 unspecified atom stereocenters. The smallest absolute Gasteiger partial charge is 0.272 e. The first-order valence-corrected chi connectivity index (χ1v) is 12.4. The van der Waals surface area contributed by atoms with Crippen molar-refractivity contribution in [2.24, 2.45) is 11.0 Å². The topological polar surface area (TPSA) is 125 Å². The average molecular weight is 497 g/mol. The number of nitrogen functional groups attached to an aromatic ring is 1. The van der Waals surface area contributed by atoms with Gasteiger partial charge >= 0.3 is 0 Å². The van der Waals surface area contributed by atoms with E-state index in [0.717, 1.165) is 18.7 Å². The van der Waals surface area contributed by atoms with Crippen LogP contribution in [0, 0.1) is 5.92 Å². The second-order valence-electron chi connectivity index (χ2n) is 9.44. The van der Waals surface area contributed by atoms with Gasteiger partial charge in [-0.2, -0.15) is 0 Å². The van der Waals surface area contributed by atoms with Crippen LogP contribution in [-0.2, 0) is 0 Å². The Morgan fingerprint density at radius 2 is 1.92 bits per heavy atom. The predicted octanol–water partition coefficient (Wildman–Crippen LogP) is 3.72. The molecule has 0 radical (unpaired) electrons. The molecule has 0 saturated carbocycles. The molecule has 37 heavy (non-hydrogen) atoms. The van der Waals surface area contributed by atoms with Crippen molar-refractivity contribution in [2.45, 2.75) is 25.8 Å². The fourth-order valence-electron chi connectivity index (χ4n) is 5.10. The molecule has 4 heterocycles. The number of carbonyl (C=O) groups is 1. The molecule has 4 aromatic rings. The van der Waals surface area contributed by atoms with E-state index < -0.39 is 0 Å².